The third-order valence-corrected chi connectivity index (χ3v) is 2.24. The maximum atomic E-state index is 12.8. The smallest absolute Gasteiger partial charge is 0.416 e. The molecule has 6 heteroatoms. The molecule has 0 aromatic heterocycles. The second-order valence-corrected chi connectivity index (χ2v) is 3.47. The van der Waals surface area contributed by atoms with Crippen LogP contribution in [-0.4, -0.2) is 18.3 Å². The van der Waals surface area contributed by atoms with Crippen molar-refractivity contribution in [3.63, 3.8) is 0 Å². The van der Waals surface area contributed by atoms with Crippen molar-refractivity contribution >= 4 is 0 Å². The first-order valence-corrected chi connectivity index (χ1v) is 5.10. The monoisotopic (exact) mass is 249 g/mol. The van der Waals surface area contributed by atoms with E-state index in [2.05, 4.69) is 0 Å². The van der Waals surface area contributed by atoms with Gasteiger partial charge in [0.05, 0.1) is 24.8 Å². The van der Waals surface area contributed by atoms with E-state index >= 15 is 0 Å². The SMILES string of the molecule is CCOc1ccc(C(N)CO)c(C(F)(F)F)c1. The van der Waals surface area contributed by atoms with Crippen LogP contribution in [-0.2, 0) is 6.18 Å². The Morgan fingerprint density at radius 3 is 2.53 bits per heavy atom. The predicted molar refractivity (Wildman–Crippen MR) is 56.6 cm³/mol. The van der Waals surface area contributed by atoms with Crippen LogP contribution in [0.15, 0.2) is 18.2 Å². The van der Waals surface area contributed by atoms with E-state index in [1.807, 2.05) is 0 Å². The molecule has 0 aliphatic carbocycles. The molecule has 1 atom stereocenters. The number of nitrogens with two attached hydrogens (primary N) is 1. The van der Waals surface area contributed by atoms with Gasteiger partial charge >= 0.3 is 6.18 Å². The molecule has 0 fully saturated rings. The van der Waals surface area contributed by atoms with Gasteiger partial charge in [0.25, 0.3) is 0 Å². The number of benzene rings is 1. The molecule has 3 nitrogen and oxygen atoms in total. The average Bonchev–Trinajstić information content (AvgIpc) is 2.27. The van der Waals surface area contributed by atoms with E-state index in [0.717, 1.165) is 6.07 Å². The van der Waals surface area contributed by atoms with Crippen LogP contribution in [0.4, 0.5) is 13.2 Å². The summed E-state index contributed by atoms with van der Waals surface area (Å²) in [4.78, 5) is 0. The minimum absolute atomic E-state index is 0.133. The van der Waals surface area contributed by atoms with Gasteiger partial charge in [-0.3, -0.25) is 0 Å². The number of aliphatic hydroxyl groups is 1. The Balaban J connectivity index is 3.22. The molecule has 0 saturated carbocycles. The van der Waals surface area contributed by atoms with E-state index in [0.29, 0.717) is 0 Å². The van der Waals surface area contributed by atoms with Gasteiger partial charge < -0.3 is 15.6 Å². The van der Waals surface area contributed by atoms with Crippen molar-refractivity contribution in [3.8, 4) is 5.75 Å². The summed E-state index contributed by atoms with van der Waals surface area (Å²) in [6, 6.07) is 2.48. The second kappa shape index (κ2) is 5.37. The summed E-state index contributed by atoms with van der Waals surface area (Å²) in [5, 5.41) is 8.83. The zero-order valence-corrected chi connectivity index (χ0v) is 9.29. The van der Waals surface area contributed by atoms with Crippen molar-refractivity contribution in [1.82, 2.24) is 0 Å². The largest absolute Gasteiger partial charge is 0.494 e. The van der Waals surface area contributed by atoms with E-state index in [9.17, 15) is 13.2 Å². The molecule has 0 amide bonds. The summed E-state index contributed by atoms with van der Waals surface area (Å²) >= 11 is 0. The molecular formula is C11H14F3NO2. The van der Waals surface area contributed by atoms with Gasteiger partial charge in [-0.15, -0.1) is 0 Å². The predicted octanol–water partition coefficient (Wildman–Crippen LogP) is 2.10. The first kappa shape index (κ1) is 13.8. The Hall–Kier alpha value is -1.27. The van der Waals surface area contributed by atoms with Crippen molar-refractivity contribution in [2.45, 2.75) is 19.1 Å². The highest BCUT2D eigenvalue weighted by Gasteiger charge is 2.35. The van der Waals surface area contributed by atoms with E-state index in [-0.39, 0.29) is 17.9 Å². The highest BCUT2D eigenvalue weighted by molar-refractivity contribution is 5.39. The van der Waals surface area contributed by atoms with Gasteiger partial charge in [0.15, 0.2) is 0 Å². The van der Waals surface area contributed by atoms with E-state index in [4.69, 9.17) is 15.6 Å². The fourth-order valence-corrected chi connectivity index (χ4v) is 1.46. The molecule has 1 aromatic carbocycles. The molecule has 0 heterocycles. The van der Waals surface area contributed by atoms with Crippen LogP contribution in [0.3, 0.4) is 0 Å². The number of rotatable bonds is 4. The van der Waals surface area contributed by atoms with E-state index in [1.165, 1.54) is 12.1 Å². The Kier molecular flexibility index (Phi) is 4.36. The molecule has 0 saturated heterocycles. The van der Waals surface area contributed by atoms with Gasteiger partial charge in [-0.2, -0.15) is 13.2 Å². The lowest BCUT2D eigenvalue weighted by atomic mass is 10.0. The second-order valence-electron chi connectivity index (χ2n) is 3.47. The zero-order chi connectivity index (χ0) is 13.1. The lowest BCUT2D eigenvalue weighted by Gasteiger charge is -2.18. The molecule has 0 radical (unpaired) electrons. The van der Waals surface area contributed by atoms with Gasteiger partial charge in [-0.25, -0.2) is 0 Å². The lowest BCUT2D eigenvalue weighted by Crippen LogP contribution is -2.20. The Morgan fingerprint density at radius 2 is 2.06 bits per heavy atom. The standard InChI is InChI=1S/C11H14F3NO2/c1-2-17-7-3-4-8(10(15)6-16)9(5-7)11(12,13)14/h3-5,10,16H,2,6,15H2,1H3. The normalized spacial score (nSPS) is 13.5. The fourth-order valence-electron chi connectivity index (χ4n) is 1.46. The number of alkyl halides is 3. The van der Waals surface area contributed by atoms with Crippen LogP contribution in [0.1, 0.15) is 24.1 Å². The molecule has 0 spiro atoms. The van der Waals surface area contributed by atoms with E-state index in [1.54, 1.807) is 6.92 Å². The molecular weight excluding hydrogens is 235 g/mol. The maximum Gasteiger partial charge on any atom is 0.416 e. The van der Waals surface area contributed by atoms with Crippen molar-refractivity contribution in [2.24, 2.45) is 5.73 Å². The molecule has 0 aliphatic rings. The Bertz CT molecular complexity index is 379. The summed E-state index contributed by atoms with van der Waals surface area (Å²) in [7, 11) is 0. The van der Waals surface area contributed by atoms with Crippen LogP contribution in [0.5, 0.6) is 5.75 Å². The third-order valence-electron chi connectivity index (χ3n) is 2.24. The van der Waals surface area contributed by atoms with Gasteiger partial charge in [-0.05, 0) is 24.6 Å². The van der Waals surface area contributed by atoms with Crippen molar-refractivity contribution in [1.29, 1.82) is 0 Å². The fraction of sp³-hybridized carbons (Fsp3) is 0.455. The highest BCUT2D eigenvalue weighted by atomic mass is 19.4. The minimum atomic E-state index is -4.52. The zero-order valence-electron chi connectivity index (χ0n) is 9.29. The van der Waals surface area contributed by atoms with Crippen LogP contribution < -0.4 is 10.5 Å². The van der Waals surface area contributed by atoms with Gasteiger partial charge in [0.1, 0.15) is 5.75 Å². The van der Waals surface area contributed by atoms with Gasteiger partial charge in [-0.1, -0.05) is 6.07 Å². The summed E-state index contributed by atoms with van der Waals surface area (Å²) in [6.45, 7) is 1.42. The summed E-state index contributed by atoms with van der Waals surface area (Å²) in [6.07, 6.45) is -4.52. The van der Waals surface area contributed by atoms with Crippen molar-refractivity contribution in [2.75, 3.05) is 13.2 Å². The summed E-state index contributed by atoms with van der Waals surface area (Å²) in [5.41, 5.74) is 4.42. The third kappa shape index (κ3) is 3.34. The molecule has 17 heavy (non-hydrogen) atoms. The quantitative estimate of drug-likeness (QED) is 0.859. The summed E-state index contributed by atoms with van der Waals surface area (Å²) < 4.78 is 43.3. The molecule has 0 aliphatic heterocycles. The maximum absolute atomic E-state index is 12.8. The van der Waals surface area contributed by atoms with Crippen LogP contribution in [0.25, 0.3) is 0 Å². The topological polar surface area (TPSA) is 55.5 Å². The van der Waals surface area contributed by atoms with Crippen molar-refractivity contribution < 1.29 is 23.0 Å². The number of hydrogen-bond acceptors (Lipinski definition) is 3. The molecule has 1 rings (SSSR count). The molecule has 1 aromatic rings. The molecule has 3 N–H and O–H groups in total. The van der Waals surface area contributed by atoms with Crippen molar-refractivity contribution in [3.05, 3.63) is 29.3 Å². The number of ether oxygens (including phenoxy) is 1. The van der Waals surface area contributed by atoms with Gasteiger partial charge in [0.2, 0.25) is 0 Å². The lowest BCUT2D eigenvalue weighted by molar-refractivity contribution is -0.138. The van der Waals surface area contributed by atoms with Gasteiger partial charge in [0, 0.05) is 0 Å². The van der Waals surface area contributed by atoms with Crippen LogP contribution >= 0.6 is 0 Å². The first-order chi connectivity index (χ1) is 7.90. The van der Waals surface area contributed by atoms with Crippen LogP contribution in [0.2, 0.25) is 0 Å². The van der Waals surface area contributed by atoms with Crippen LogP contribution in [0, 0.1) is 0 Å². The average molecular weight is 249 g/mol. The Morgan fingerprint density at radius 1 is 1.41 bits per heavy atom. The first-order valence-electron chi connectivity index (χ1n) is 5.10. The number of aliphatic hydroxyl groups excluding tert-OH is 1. The highest BCUT2D eigenvalue weighted by Crippen LogP contribution is 2.36. The molecule has 96 valence electrons. The summed E-state index contributed by atoms with van der Waals surface area (Å²) in [5.74, 6) is 0.133. The molecule has 0 bridgehead atoms. The minimum Gasteiger partial charge on any atom is -0.494 e. The van der Waals surface area contributed by atoms with E-state index < -0.39 is 24.4 Å². The Labute approximate surface area is 97.0 Å². The number of halogens is 3. The number of hydrogen-bond donors (Lipinski definition) is 2. The molecule has 1 unspecified atom stereocenters.